The molecule has 3 aromatic rings. The number of aryl methyl sites for hydroxylation is 1. The van der Waals surface area contributed by atoms with Crippen molar-refractivity contribution in [3.05, 3.63) is 52.7 Å². The van der Waals surface area contributed by atoms with E-state index in [0.717, 1.165) is 33.3 Å². The quantitative estimate of drug-likeness (QED) is 0.450. The molecule has 5 rings (SSSR count). The number of methoxy groups -OCH3 is 1. The van der Waals surface area contributed by atoms with Crippen LogP contribution in [0.5, 0.6) is 11.5 Å². The molecule has 36 heavy (non-hydrogen) atoms. The molecule has 3 N–H and O–H groups in total. The van der Waals surface area contributed by atoms with Crippen molar-refractivity contribution in [3.63, 3.8) is 0 Å². The van der Waals surface area contributed by atoms with Gasteiger partial charge in [-0.3, -0.25) is 9.80 Å². The summed E-state index contributed by atoms with van der Waals surface area (Å²) in [5.74, 6) is 0.210. The standard InChI is InChI=1S/C26H30F2N4O4/c1-15-11-21(35-2)19(16-5-6-29-23(15)16)12-32-9-8-31(14-22(27)28)13-20(32)17-3-4-18(26(33)34)24-25(17)36-10-7-30-24/h3-6,11,20,22,29-30H,7-10,12-14H2,1-2H3,(H,33,34)/t20-/m0/s1. The molecule has 0 unspecified atom stereocenters. The molecule has 1 fully saturated rings. The maximum atomic E-state index is 13.3. The number of anilines is 1. The SMILES string of the molecule is COc1cc(C)c2[nH]ccc2c1CN1CCN(CC(F)F)C[C@H]1c1ccc(C(=O)O)c2c1OCCN2. The lowest BCUT2D eigenvalue weighted by Gasteiger charge is -2.42. The van der Waals surface area contributed by atoms with E-state index in [1.54, 1.807) is 24.1 Å². The number of piperazine rings is 1. The topological polar surface area (TPSA) is 90.1 Å². The van der Waals surface area contributed by atoms with Gasteiger partial charge in [0.25, 0.3) is 6.43 Å². The molecule has 0 radical (unpaired) electrons. The molecular formula is C26H30F2N4O4. The minimum Gasteiger partial charge on any atom is -0.496 e. The normalized spacial score (nSPS) is 18.6. The van der Waals surface area contributed by atoms with Crippen LogP contribution in [0.3, 0.4) is 0 Å². The molecule has 2 aliphatic heterocycles. The fourth-order valence-corrected chi connectivity index (χ4v) is 5.41. The molecular weight excluding hydrogens is 470 g/mol. The monoisotopic (exact) mass is 500 g/mol. The summed E-state index contributed by atoms with van der Waals surface area (Å²) in [6, 6.07) is 7.08. The van der Waals surface area contributed by atoms with Crippen LogP contribution in [0, 0.1) is 6.92 Å². The van der Waals surface area contributed by atoms with E-state index in [0.29, 0.717) is 50.8 Å². The Hall–Kier alpha value is -3.37. The van der Waals surface area contributed by atoms with Crippen molar-refractivity contribution < 1.29 is 28.2 Å². The first kappa shape index (κ1) is 24.3. The van der Waals surface area contributed by atoms with Gasteiger partial charge in [0.2, 0.25) is 0 Å². The van der Waals surface area contributed by atoms with Crippen molar-refractivity contribution in [1.29, 1.82) is 0 Å². The molecule has 10 heteroatoms. The van der Waals surface area contributed by atoms with E-state index in [-0.39, 0.29) is 18.2 Å². The van der Waals surface area contributed by atoms with E-state index in [4.69, 9.17) is 9.47 Å². The zero-order chi connectivity index (χ0) is 25.4. The Balaban J connectivity index is 1.57. The maximum Gasteiger partial charge on any atom is 0.337 e. The second-order valence-electron chi connectivity index (χ2n) is 9.26. The van der Waals surface area contributed by atoms with Gasteiger partial charge in [-0.15, -0.1) is 0 Å². The number of carboxylic acids is 1. The lowest BCUT2D eigenvalue weighted by Crippen LogP contribution is -2.49. The summed E-state index contributed by atoms with van der Waals surface area (Å²) in [6.07, 6.45) is -0.533. The van der Waals surface area contributed by atoms with Gasteiger partial charge in [-0.05, 0) is 30.7 Å². The van der Waals surface area contributed by atoms with Gasteiger partial charge in [0.15, 0.2) is 0 Å². The Kier molecular flexibility index (Phi) is 6.72. The summed E-state index contributed by atoms with van der Waals surface area (Å²) in [6.45, 7) is 4.57. The van der Waals surface area contributed by atoms with E-state index in [1.165, 1.54) is 0 Å². The number of carbonyl (C=O) groups is 1. The molecule has 2 aromatic carbocycles. The van der Waals surface area contributed by atoms with Crippen molar-refractivity contribution in [2.24, 2.45) is 0 Å². The fourth-order valence-electron chi connectivity index (χ4n) is 5.41. The van der Waals surface area contributed by atoms with Crippen LogP contribution in [0.4, 0.5) is 14.5 Å². The number of benzene rings is 2. The Morgan fingerprint density at radius 3 is 2.89 bits per heavy atom. The van der Waals surface area contributed by atoms with Gasteiger partial charge in [-0.1, -0.05) is 6.07 Å². The van der Waals surface area contributed by atoms with Gasteiger partial charge in [0.1, 0.15) is 18.1 Å². The number of aromatic nitrogens is 1. The third kappa shape index (κ3) is 4.46. The predicted octanol–water partition coefficient (Wildman–Crippen LogP) is 4.11. The summed E-state index contributed by atoms with van der Waals surface area (Å²) in [7, 11) is 1.65. The number of nitrogens with zero attached hydrogens (tertiary/aromatic N) is 2. The largest absolute Gasteiger partial charge is 0.496 e. The van der Waals surface area contributed by atoms with Crippen LogP contribution in [0.15, 0.2) is 30.5 Å². The highest BCUT2D eigenvalue weighted by Gasteiger charge is 2.34. The number of hydrogen-bond acceptors (Lipinski definition) is 6. The first-order valence-corrected chi connectivity index (χ1v) is 12.0. The lowest BCUT2D eigenvalue weighted by atomic mass is 9.95. The lowest BCUT2D eigenvalue weighted by molar-refractivity contribution is 0.0237. The number of alkyl halides is 2. The second-order valence-corrected chi connectivity index (χ2v) is 9.26. The van der Waals surface area contributed by atoms with Crippen molar-refractivity contribution in [3.8, 4) is 11.5 Å². The van der Waals surface area contributed by atoms with E-state index in [1.807, 2.05) is 25.3 Å². The zero-order valence-corrected chi connectivity index (χ0v) is 20.3. The Labute approximate surface area is 207 Å². The summed E-state index contributed by atoms with van der Waals surface area (Å²) >= 11 is 0. The molecule has 0 spiro atoms. The Bertz CT molecular complexity index is 1280. The number of ether oxygens (including phenoxy) is 2. The summed E-state index contributed by atoms with van der Waals surface area (Å²) in [4.78, 5) is 19.1. The van der Waals surface area contributed by atoms with Crippen LogP contribution in [0.25, 0.3) is 10.9 Å². The Morgan fingerprint density at radius 2 is 2.14 bits per heavy atom. The third-order valence-corrected chi connectivity index (χ3v) is 7.09. The summed E-state index contributed by atoms with van der Waals surface area (Å²) < 4.78 is 38.3. The van der Waals surface area contributed by atoms with E-state index >= 15 is 0 Å². The molecule has 1 saturated heterocycles. The number of hydrogen-bond donors (Lipinski definition) is 3. The van der Waals surface area contributed by atoms with Gasteiger partial charge in [0, 0.05) is 61.0 Å². The highest BCUT2D eigenvalue weighted by molar-refractivity contribution is 5.96. The second kappa shape index (κ2) is 9.94. The van der Waals surface area contributed by atoms with Crippen LogP contribution in [-0.4, -0.2) is 78.7 Å². The van der Waals surface area contributed by atoms with E-state index in [2.05, 4.69) is 15.2 Å². The van der Waals surface area contributed by atoms with Gasteiger partial charge < -0.3 is 24.9 Å². The molecule has 1 aromatic heterocycles. The fraction of sp³-hybridized carbons (Fsp3) is 0.423. The first-order chi connectivity index (χ1) is 17.4. The third-order valence-electron chi connectivity index (χ3n) is 7.09. The van der Waals surface area contributed by atoms with Gasteiger partial charge in [0.05, 0.1) is 30.9 Å². The number of halogens is 2. The number of aromatic amines is 1. The number of aromatic carboxylic acids is 1. The highest BCUT2D eigenvalue weighted by Crippen LogP contribution is 2.42. The van der Waals surface area contributed by atoms with Crippen molar-refractivity contribution in [1.82, 2.24) is 14.8 Å². The molecule has 2 aliphatic rings. The van der Waals surface area contributed by atoms with Crippen molar-refractivity contribution >= 4 is 22.6 Å². The number of H-pyrrole nitrogens is 1. The Morgan fingerprint density at radius 1 is 1.31 bits per heavy atom. The van der Waals surface area contributed by atoms with E-state index < -0.39 is 12.4 Å². The molecule has 192 valence electrons. The van der Waals surface area contributed by atoms with Crippen LogP contribution in [0.1, 0.15) is 33.1 Å². The molecule has 3 heterocycles. The maximum absolute atomic E-state index is 13.3. The van der Waals surface area contributed by atoms with Crippen LogP contribution in [0.2, 0.25) is 0 Å². The van der Waals surface area contributed by atoms with Crippen LogP contribution < -0.4 is 14.8 Å². The van der Waals surface area contributed by atoms with Gasteiger partial charge >= 0.3 is 5.97 Å². The molecule has 0 bridgehead atoms. The average molecular weight is 501 g/mol. The van der Waals surface area contributed by atoms with E-state index in [9.17, 15) is 18.7 Å². The smallest absolute Gasteiger partial charge is 0.337 e. The summed E-state index contributed by atoms with van der Waals surface area (Å²) in [5.41, 5.74) is 4.49. The molecule has 8 nitrogen and oxygen atoms in total. The number of fused-ring (bicyclic) bond motifs is 2. The highest BCUT2D eigenvalue weighted by atomic mass is 19.3. The predicted molar refractivity (Wildman–Crippen MR) is 133 cm³/mol. The minimum atomic E-state index is -2.44. The molecule has 0 amide bonds. The summed E-state index contributed by atoms with van der Waals surface area (Å²) in [5, 5.41) is 13.9. The first-order valence-electron chi connectivity index (χ1n) is 12.0. The number of nitrogens with one attached hydrogen (secondary N) is 2. The van der Waals surface area contributed by atoms with Crippen LogP contribution in [-0.2, 0) is 6.54 Å². The zero-order valence-electron chi connectivity index (χ0n) is 20.3. The average Bonchev–Trinajstić information content (AvgIpc) is 3.36. The number of rotatable bonds is 7. The minimum absolute atomic E-state index is 0.134. The van der Waals surface area contributed by atoms with Gasteiger partial charge in [-0.2, -0.15) is 0 Å². The van der Waals surface area contributed by atoms with Crippen molar-refractivity contribution in [2.45, 2.75) is 25.9 Å². The van der Waals surface area contributed by atoms with Gasteiger partial charge in [-0.25, -0.2) is 13.6 Å². The molecule has 0 aliphatic carbocycles. The molecule has 0 saturated carbocycles. The number of carboxylic acid groups (broad SMARTS) is 1. The molecule has 1 atom stereocenters. The van der Waals surface area contributed by atoms with Crippen LogP contribution >= 0.6 is 0 Å². The van der Waals surface area contributed by atoms with Crippen molar-refractivity contribution in [2.75, 3.05) is 51.8 Å².